The van der Waals surface area contributed by atoms with Crippen molar-refractivity contribution >= 4 is 11.9 Å². The smallest absolute Gasteiger partial charge is 0.322 e. The SMILES string of the molecule is COc1nc(N)nc(NC(C)Cc2ccco2)n1. The molecule has 0 spiro atoms. The first-order valence-corrected chi connectivity index (χ1v) is 5.52. The number of hydrogen-bond donors (Lipinski definition) is 2. The molecule has 7 heteroatoms. The third kappa shape index (κ3) is 3.09. The Balaban J connectivity index is 2.02. The van der Waals surface area contributed by atoms with Gasteiger partial charge < -0.3 is 20.2 Å². The molecule has 0 saturated carbocycles. The highest BCUT2D eigenvalue weighted by Crippen LogP contribution is 2.11. The molecular formula is C11H15N5O2. The maximum absolute atomic E-state index is 5.55. The first-order valence-electron chi connectivity index (χ1n) is 5.52. The molecule has 2 aromatic rings. The van der Waals surface area contributed by atoms with Crippen LogP contribution in [0.2, 0.25) is 0 Å². The van der Waals surface area contributed by atoms with E-state index in [1.807, 2.05) is 19.1 Å². The molecule has 0 saturated heterocycles. The molecule has 0 aliphatic rings. The van der Waals surface area contributed by atoms with E-state index in [4.69, 9.17) is 14.9 Å². The topological polar surface area (TPSA) is 99.1 Å². The maximum atomic E-state index is 5.55. The zero-order chi connectivity index (χ0) is 13.0. The molecule has 2 aromatic heterocycles. The van der Waals surface area contributed by atoms with Gasteiger partial charge in [-0.05, 0) is 19.1 Å². The average Bonchev–Trinajstić information content (AvgIpc) is 2.80. The van der Waals surface area contributed by atoms with Gasteiger partial charge in [0.1, 0.15) is 5.76 Å². The van der Waals surface area contributed by atoms with Gasteiger partial charge in [0.25, 0.3) is 0 Å². The second-order valence-corrected chi connectivity index (χ2v) is 3.83. The Morgan fingerprint density at radius 2 is 2.28 bits per heavy atom. The van der Waals surface area contributed by atoms with E-state index in [9.17, 15) is 0 Å². The highest BCUT2D eigenvalue weighted by molar-refractivity contribution is 5.33. The van der Waals surface area contributed by atoms with Gasteiger partial charge in [0.2, 0.25) is 11.9 Å². The summed E-state index contributed by atoms with van der Waals surface area (Å²) in [5.41, 5.74) is 5.55. The summed E-state index contributed by atoms with van der Waals surface area (Å²) < 4.78 is 10.2. The van der Waals surface area contributed by atoms with Crippen LogP contribution in [0.25, 0.3) is 0 Å². The van der Waals surface area contributed by atoms with E-state index in [2.05, 4.69) is 20.3 Å². The van der Waals surface area contributed by atoms with Crippen molar-refractivity contribution < 1.29 is 9.15 Å². The van der Waals surface area contributed by atoms with Gasteiger partial charge in [-0.25, -0.2) is 0 Å². The number of aromatic nitrogens is 3. The lowest BCUT2D eigenvalue weighted by molar-refractivity contribution is 0.379. The van der Waals surface area contributed by atoms with E-state index < -0.39 is 0 Å². The fourth-order valence-electron chi connectivity index (χ4n) is 1.53. The molecule has 0 radical (unpaired) electrons. The van der Waals surface area contributed by atoms with Gasteiger partial charge in [0.15, 0.2) is 0 Å². The summed E-state index contributed by atoms with van der Waals surface area (Å²) in [5.74, 6) is 1.40. The van der Waals surface area contributed by atoms with Crippen molar-refractivity contribution in [2.75, 3.05) is 18.2 Å². The van der Waals surface area contributed by atoms with Gasteiger partial charge in [0, 0.05) is 12.5 Å². The lowest BCUT2D eigenvalue weighted by Gasteiger charge is -2.12. The van der Waals surface area contributed by atoms with Gasteiger partial charge >= 0.3 is 6.01 Å². The summed E-state index contributed by atoms with van der Waals surface area (Å²) in [5, 5.41) is 3.11. The molecule has 96 valence electrons. The normalized spacial score (nSPS) is 12.1. The number of furan rings is 1. The van der Waals surface area contributed by atoms with Gasteiger partial charge in [-0.1, -0.05) is 0 Å². The largest absolute Gasteiger partial charge is 0.469 e. The Bertz CT molecular complexity index is 500. The lowest BCUT2D eigenvalue weighted by Crippen LogP contribution is -2.20. The summed E-state index contributed by atoms with van der Waals surface area (Å²) in [4.78, 5) is 11.9. The van der Waals surface area contributed by atoms with Crippen LogP contribution < -0.4 is 15.8 Å². The van der Waals surface area contributed by atoms with Crippen LogP contribution in [0.5, 0.6) is 6.01 Å². The summed E-state index contributed by atoms with van der Waals surface area (Å²) in [6.45, 7) is 2.00. The lowest BCUT2D eigenvalue weighted by atomic mass is 10.2. The molecule has 0 amide bonds. The molecule has 2 rings (SSSR count). The number of hydrogen-bond acceptors (Lipinski definition) is 7. The van der Waals surface area contributed by atoms with E-state index in [1.165, 1.54) is 7.11 Å². The Kier molecular flexibility index (Phi) is 3.61. The molecule has 3 N–H and O–H groups in total. The minimum absolute atomic E-state index is 0.0997. The minimum atomic E-state index is 0.0997. The van der Waals surface area contributed by atoms with E-state index in [0.29, 0.717) is 5.95 Å². The van der Waals surface area contributed by atoms with Crippen LogP contribution in [-0.4, -0.2) is 28.1 Å². The fourth-order valence-corrected chi connectivity index (χ4v) is 1.53. The van der Waals surface area contributed by atoms with Crippen molar-refractivity contribution in [3.05, 3.63) is 24.2 Å². The first-order chi connectivity index (χ1) is 8.67. The molecule has 0 aromatic carbocycles. The quantitative estimate of drug-likeness (QED) is 0.818. The van der Waals surface area contributed by atoms with E-state index >= 15 is 0 Å². The monoisotopic (exact) mass is 249 g/mol. The van der Waals surface area contributed by atoms with Crippen LogP contribution in [0.15, 0.2) is 22.8 Å². The van der Waals surface area contributed by atoms with Crippen molar-refractivity contribution in [3.63, 3.8) is 0 Å². The highest BCUT2D eigenvalue weighted by atomic mass is 16.5. The number of nitrogens with zero attached hydrogens (tertiary/aromatic N) is 3. The van der Waals surface area contributed by atoms with Crippen LogP contribution in [0.4, 0.5) is 11.9 Å². The maximum Gasteiger partial charge on any atom is 0.322 e. The van der Waals surface area contributed by atoms with Crippen LogP contribution in [0, 0.1) is 0 Å². The predicted molar refractivity (Wildman–Crippen MR) is 66.3 cm³/mol. The van der Waals surface area contributed by atoms with E-state index in [0.717, 1.165) is 12.2 Å². The molecule has 0 bridgehead atoms. The zero-order valence-corrected chi connectivity index (χ0v) is 10.3. The second kappa shape index (κ2) is 5.35. The second-order valence-electron chi connectivity index (χ2n) is 3.83. The molecule has 0 aliphatic heterocycles. The Labute approximate surface area is 104 Å². The summed E-state index contributed by atoms with van der Waals surface area (Å²) >= 11 is 0. The molecule has 0 fully saturated rings. The van der Waals surface area contributed by atoms with Gasteiger partial charge in [0.05, 0.1) is 13.4 Å². The Morgan fingerprint density at radius 3 is 2.94 bits per heavy atom. The molecule has 7 nitrogen and oxygen atoms in total. The predicted octanol–water partition coefficient (Wildman–Crippen LogP) is 1.10. The number of ether oxygens (including phenoxy) is 1. The van der Waals surface area contributed by atoms with Crippen LogP contribution >= 0.6 is 0 Å². The van der Waals surface area contributed by atoms with Crippen LogP contribution in [0.1, 0.15) is 12.7 Å². The molecule has 2 heterocycles. The summed E-state index contributed by atoms with van der Waals surface area (Å²) in [6.07, 6.45) is 2.37. The van der Waals surface area contributed by atoms with Crippen LogP contribution in [0.3, 0.4) is 0 Å². The van der Waals surface area contributed by atoms with Gasteiger partial charge in [-0.15, -0.1) is 0 Å². The number of nitrogen functional groups attached to an aromatic ring is 1. The molecule has 1 atom stereocenters. The molecule has 0 aliphatic carbocycles. The van der Waals surface area contributed by atoms with Gasteiger partial charge in [-0.2, -0.15) is 15.0 Å². The number of methoxy groups -OCH3 is 1. The van der Waals surface area contributed by atoms with Crippen molar-refractivity contribution in [2.45, 2.75) is 19.4 Å². The number of nitrogens with two attached hydrogens (primary N) is 1. The fraction of sp³-hybridized carbons (Fsp3) is 0.364. The van der Waals surface area contributed by atoms with Crippen molar-refractivity contribution in [1.82, 2.24) is 15.0 Å². The summed E-state index contributed by atoms with van der Waals surface area (Å²) in [6, 6.07) is 4.06. The first kappa shape index (κ1) is 12.2. The molecule has 1 unspecified atom stereocenters. The van der Waals surface area contributed by atoms with Crippen molar-refractivity contribution in [1.29, 1.82) is 0 Å². The molecule has 18 heavy (non-hydrogen) atoms. The summed E-state index contributed by atoms with van der Waals surface area (Å²) in [7, 11) is 1.48. The minimum Gasteiger partial charge on any atom is -0.469 e. The van der Waals surface area contributed by atoms with Crippen molar-refractivity contribution in [3.8, 4) is 6.01 Å². The highest BCUT2D eigenvalue weighted by Gasteiger charge is 2.09. The van der Waals surface area contributed by atoms with E-state index in [-0.39, 0.29) is 18.0 Å². The van der Waals surface area contributed by atoms with Gasteiger partial charge in [-0.3, -0.25) is 0 Å². The zero-order valence-electron chi connectivity index (χ0n) is 10.3. The number of anilines is 2. The third-order valence-corrected chi connectivity index (χ3v) is 2.28. The number of nitrogens with one attached hydrogen (secondary N) is 1. The Morgan fingerprint density at radius 1 is 1.44 bits per heavy atom. The Hall–Kier alpha value is -2.31. The molecular weight excluding hydrogens is 234 g/mol. The third-order valence-electron chi connectivity index (χ3n) is 2.28. The standard InChI is InChI=1S/C11H15N5O2/c1-7(6-8-4-3-5-18-8)13-10-14-9(12)15-11(16-10)17-2/h3-5,7H,6H2,1-2H3,(H3,12,13,14,15,16). The number of rotatable bonds is 5. The van der Waals surface area contributed by atoms with Crippen LogP contribution in [-0.2, 0) is 6.42 Å². The van der Waals surface area contributed by atoms with E-state index in [1.54, 1.807) is 6.26 Å². The van der Waals surface area contributed by atoms with Crippen molar-refractivity contribution in [2.24, 2.45) is 0 Å². The average molecular weight is 249 g/mol.